The highest BCUT2D eigenvalue weighted by molar-refractivity contribution is 5.96. The molecule has 2 aromatic heterocycles. The van der Waals surface area contributed by atoms with Gasteiger partial charge in [0.15, 0.2) is 0 Å². The monoisotopic (exact) mass is 425 g/mol. The Balaban J connectivity index is 1.70. The number of rotatable bonds is 6. The van der Waals surface area contributed by atoms with Crippen molar-refractivity contribution in [3.63, 3.8) is 0 Å². The largest absolute Gasteiger partial charge is 0.461 e. The number of ether oxygens (including phenoxy) is 1. The van der Waals surface area contributed by atoms with Gasteiger partial charge in [-0.1, -0.05) is 19.3 Å². The van der Waals surface area contributed by atoms with Crippen LogP contribution in [0.2, 0.25) is 0 Å². The van der Waals surface area contributed by atoms with E-state index in [9.17, 15) is 14.0 Å². The Morgan fingerprint density at radius 3 is 2.48 bits per heavy atom. The first-order valence-electron chi connectivity index (χ1n) is 10.9. The number of halogens is 1. The number of nitrogens with zero attached hydrogens (tertiary/aromatic N) is 3. The second-order valence-electron chi connectivity index (χ2n) is 8.07. The molecule has 1 aliphatic rings. The Morgan fingerprint density at radius 1 is 1.10 bits per heavy atom. The van der Waals surface area contributed by atoms with E-state index >= 15 is 0 Å². The van der Waals surface area contributed by atoms with Crippen molar-refractivity contribution in [2.24, 2.45) is 0 Å². The lowest BCUT2D eigenvalue weighted by Gasteiger charge is -2.31. The minimum absolute atomic E-state index is 0.0236. The summed E-state index contributed by atoms with van der Waals surface area (Å²) in [5, 5.41) is 0. The zero-order valence-corrected chi connectivity index (χ0v) is 18.0. The molecule has 0 unspecified atom stereocenters. The van der Waals surface area contributed by atoms with Gasteiger partial charge in [0.2, 0.25) is 5.91 Å². The van der Waals surface area contributed by atoms with Gasteiger partial charge in [-0.05, 0) is 56.2 Å². The van der Waals surface area contributed by atoms with Gasteiger partial charge in [-0.25, -0.2) is 9.18 Å². The molecule has 0 aliphatic heterocycles. The molecule has 2 heterocycles. The number of likely N-dealkylation sites (N-methyl/N-ethyl adjacent to an activating group) is 1. The van der Waals surface area contributed by atoms with Gasteiger partial charge in [-0.15, -0.1) is 0 Å². The molecule has 3 aromatic rings. The standard InChI is InChI=1S/C24H28FN3O3/c1-3-31-24(30)22-15-21-20(13-14-27(21)19-11-9-17(25)10-12-19)28(22)16-23(29)26(2)18-7-5-4-6-8-18/h9-15,18H,3-8,16H2,1-2H3. The van der Waals surface area contributed by atoms with Crippen LogP contribution in [0.4, 0.5) is 4.39 Å². The first kappa shape index (κ1) is 21.2. The second kappa shape index (κ2) is 8.96. The van der Waals surface area contributed by atoms with E-state index in [2.05, 4.69) is 0 Å². The SMILES string of the molecule is CCOC(=O)c1cc2c(ccn2-c2ccc(F)cc2)n1CC(=O)N(C)C1CCCCC1. The van der Waals surface area contributed by atoms with Gasteiger partial charge in [-0.2, -0.15) is 0 Å². The van der Waals surface area contributed by atoms with E-state index in [1.165, 1.54) is 18.6 Å². The van der Waals surface area contributed by atoms with Crippen LogP contribution in [-0.4, -0.2) is 45.6 Å². The highest BCUT2D eigenvalue weighted by atomic mass is 19.1. The first-order valence-corrected chi connectivity index (χ1v) is 10.9. The molecule has 0 N–H and O–H groups in total. The number of hydrogen-bond donors (Lipinski definition) is 0. The number of carbonyl (C=O) groups excluding carboxylic acids is 2. The molecule has 164 valence electrons. The lowest BCUT2D eigenvalue weighted by molar-refractivity contribution is -0.133. The van der Waals surface area contributed by atoms with Gasteiger partial charge in [-0.3, -0.25) is 4.79 Å². The van der Waals surface area contributed by atoms with E-state index in [-0.39, 0.29) is 30.9 Å². The number of fused-ring (bicyclic) bond motifs is 1. The van der Waals surface area contributed by atoms with E-state index in [1.54, 1.807) is 29.7 Å². The quantitative estimate of drug-likeness (QED) is 0.545. The molecule has 1 aliphatic carbocycles. The van der Waals surface area contributed by atoms with Crippen molar-refractivity contribution in [3.05, 3.63) is 54.1 Å². The number of amides is 1. The summed E-state index contributed by atoms with van der Waals surface area (Å²) in [4.78, 5) is 27.6. The Hall–Kier alpha value is -3.09. The Bertz CT molecular complexity index is 1080. The van der Waals surface area contributed by atoms with E-state index < -0.39 is 5.97 Å². The van der Waals surface area contributed by atoms with Crippen molar-refractivity contribution in [3.8, 4) is 5.69 Å². The van der Waals surface area contributed by atoms with Crippen LogP contribution in [0.15, 0.2) is 42.6 Å². The topological polar surface area (TPSA) is 56.5 Å². The van der Waals surface area contributed by atoms with Gasteiger partial charge in [0.1, 0.15) is 18.1 Å². The average Bonchev–Trinajstić information content (AvgIpc) is 3.35. The van der Waals surface area contributed by atoms with E-state index in [1.807, 2.05) is 28.8 Å². The van der Waals surface area contributed by atoms with Crippen molar-refractivity contribution in [2.75, 3.05) is 13.7 Å². The van der Waals surface area contributed by atoms with Crippen LogP contribution in [0, 0.1) is 5.82 Å². The summed E-state index contributed by atoms with van der Waals surface area (Å²) in [6.07, 6.45) is 7.42. The van der Waals surface area contributed by atoms with Gasteiger partial charge >= 0.3 is 5.97 Å². The van der Waals surface area contributed by atoms with Gasteiger partial charge in [0.25, 0.3) is 0 Å². The molecule has 7 heteroatoms. The summed E-state index contributed by atoms with van der Waals surface area (Å²) in [6.45, 7) is 2.08. The number of carbonyl (C=O) groups is 2. The third kappa shape index (κ3) is 4.22. The average molecular weight is 426 g/mol. The molecule has 1 aromatic carbocycles. The minimum atomic E-state index is -0.461. The number of hydrogen-bond acceptors (Lipinski definition) is 3. The maximum absolute atomic E-state index is 13.4. The van der Waals surface area contributed by atoms with Crippen LogP contribution < -0.4 is 0 Å². The van der Waals surface area contributed by atoms with Crippen LogP contribution in [-0.2, 0) is 16.1 Å². The van der Waals surface area contributed by atoms with Crippen molar-refractivity contribution in [1.29, 1.82) is 0 Å². The van der Waals surface area contributed by atoms with Crippen molar-refractivity contribution in [2.45, 2.75) is 51.6 Å². The van der Waals surface area contributed by atoms with Gasteiger partial charge in [0.05, 0.1) is 17.6 Å². The summed E-state index contributed by atoms with van der Waals surface area (Å²) in [5.41, 5.74) is 2.64. The number of benzene rings is 1. The van der Waals surface area contributed by atoms with Crippen molar-refractivity contribution in [1.82, 2.24) is 14.0 Å². The van der Waals surface area contributed by atoms with E-state index in [0.29, 0.717) is 5.69 Å². The van der Waals surface area contributed by atoms with Gasteiger partial charge < -0.3 is 18.8 Å². The molecular formula is C24H28FN3O3. The summed E-state index contributed by atoms with van der Waals surface area (Å²) in [7, 11) is 1.85. The molecule has 1 amide bonds. The Morgan fingerprint density at radius 2 is 1.81 bits per heavy atom. The molecular weight excluding hydrogens is 397 g/mol. The molecule has 31 heavy (non-hydrogen) atoms. The fourth-order valence-electron chi connectivity index (χ4n) is 4.43. The zero-order valence-electron chi connectivity index (χ0n) is 18.0. The second-order valence-corrected chi connectivity index (χ2v) is 8.07. The van der Waals surface area contributed by atoms with Gasteiger partial charge in [0, 0.05) is 25.0 Å². The minimum Gasteiger partial charge on any atom is -0.461 e. The predicted molar refractivity (Wildman–Crippen MR) is 117 cm³/mol. The van der Waals surface area contributed by atoms with Crippen LogP contribution in [0.3, 0.4) is 0 Å². The molecule has 6 nitrogen and oxygen atoms in total. The highest BCUT2D eigenvalue weighted by Gasteiger charge is 2.25. The predicted octanol–water partition coefficient (Wildman–Crippen LogP) is 4.54. The summed E-state index contributed by atoms with van der Waals surface area (Å²) in [6, 6.07) is 10.0. The lowest BCUT2D eigenvalue weighted by atomic mass is 9.94. The maximum Gasteiger partial charge on any atom is 0.355 e. The third-order valence-electron chi connectivity index (χ3n) is 6.16. The fraction of sp³-hybridized carbons (Fsp3) is 0.417. The van der Waals surface area contributed by atoms with E-state index in [0.717, 1.165) is 42.4 Å². The van der Waals surface area contributed by atoms with Crippen LogP contribution in [0.5, 0.6) is 0 Å². The number of esters is 1. The summed E-state index contributed by atoms with van der Waals surface area (Å²) < 4.78 is 22.2. The zero-order chi connectivity index (χ0) is 22.0. The smallest absolute Gasteiger partial charge is 0.355 e. The molecule has 0 spiro atoms. The normalized spacial score (nSPS) is 14.7. The van der Waals surface area contributed by atoms with Crippen LogP contribution in [0.25, 0.3) is 16.7 Å². The Labute approximate surface area is 181 Å². The molecule has 1 saturated carbocycles. The lowest BCUT2D eigenvalue weighted by Crippen LogP contribution is -2.40. The molecule has 1 fully saturated rings. The number of aromatic nitrogens is 2. The molecule has 0 radical (unpaired) electrons. The highest BCUT2D eigenvalue weighted by Crippen LogP contribution is 2.27. The van der Waals surface area contributed by atoms with Crippen LogP contribution in [0.1, 0.15) is 49.5 Å². The molecule has 4 rings (SSSR count). The van der Waals surface area contributed by atoms with E-state index in [4.69, 9.17) is 4.74 Å². The fourth-order valence-corrected chi connectivity index (χ4v) is 4.43. The summed E-state index contributed by atoms with van der Waals surface area (Å²) >= 11 is 0. The molecule has 0 saturated heterocycles. The molecule has 0 atom stereocenters. The van der Waals surface area contributed by atoms with Crippen LogP contribution >= 0.6 is 0 Å². The summed E-state index contributed by atoms with van der Waals surface area (Å²) in [5.74, 6) is -0.796. The van der Waals surface area contributed by atoms with Crippen molar-refractivity contribution >= 4 is 22.9 Å². The molecule has 0 bridgehead atoms. The first-order chi connectivity index (χ1) is 15.0. The Kier molecular flexibility index (Phi) is 6.11. The third-order valence-corrected chi connectivity index (χ3v) is 6.16. The van der Waals surface area contributed by atoms with Crippen molar-refractivity contribution < 1.29 is 18.7 Å². The maximum atomic E-state index is 13.4.